The van der Waals surface area contributed by atoms with Crippen LogP contribution in [0.5, 0.6) is 0 Å². The maximum Gasteiger partial charge on any atom is 0.496 e. The van der Waals surface area contributed by atoms with Crippen molar-refractivity contribution in [3.8, 4) is 11.4 Å². The van der Waals surface area contributed by atoms with Crippen LogP contribution < -0.4 is 5.46 Å². The molecular formula is C38H36BBrF6N6O2. The van der Waals surface area contributed by atoms with Gasteiger partial charge < -0.3 is 18.4 Å². The molecular weight excluding hydrogens is 777 g/mol. The lowest BCUT2D eigenvalue weighted by Crippen LogP contribution is -2.41. The second-order valence-electron chi connectivity index (χ2n) is 14.7. The molecule has 0 atom stereocenters. The molecule has 282 valence electrons. The van der Waals surface area contributed by atoms with E-state index in [1.54, 1.807) is 20.0 Å². The van der Waals surface area contributed by atoms with E-state index >= 15 is 0 Å². The van der Waals surface area contributed by atoms with Gasteiger partial charge in [0.1, 0.15) is 17.5 Å². The van der Waals surface area contributed by atoms with E-state index < -0.39 is 47.4 Å². The highest BCUT2D eigenvalue weighted by Gasteiger charge is 2.52. The van der Waals surface area contributed by atoms with Crippen molar-refractivity contribution in [3.63, 3.8) is 0 Å². The van der Waals surface area contributed by atoms with Gasteiger partial charge in [-0.05, 0) is 94.3 Å². The van der Waals surface area contributed by atoms with Crippen LogP contribution in [0.3, 0.4) is 0 Å². The van der Waals surface area contributed by atoms with Crippen LogP contribution in [-0.2, 0) is 9.31 Å². The first-order valence-electron chi connectivity index (χ1n) is 17.4. The number of fused-ring (bicyclic) bond motifs is 2. The largest absolute Gasteiger partial charge is 0.496 e. The van der Waals surface area contributed by atoms with Gasteiger partial charge in [0.05, 0.1) is 45.7 Å². The van der Waals surface area contributed by atoms with Crippen LogP contribution in [0.15, 0.2) is 53.8 Å². The molecule has 4 aromatic heterocycles. The lowest BCUT2D eigenvalue weighted by atomic mass is 9.77. The summed E-state index contributed by atoms with van der Waals surface area (Å²) in [7, 11) is -0.553. The number of aromatic nitrogens is 6. The first kappa shape index (κ1) is 38.0. The number of pyridine rings is 2. The second-order valence-corrected chi connectivity index (χ2v) is 15.5. The van der Waals surface area contributed by atoms with Crippen LogP contribution in [0.4, 0.5) is 26.3 Å². The van der Waals surface area contributed by atoms with E-state index in [1.165, 1.54) is 18.5 Å². The Balaban J connectivity index is 0.000000128. The minimum Gasteiger partial charge on any atom is -0.399 e. The Bertz CT molecular complexity index is 2400. The van der Waals surface area contributed by atoms with E-state index in [-0.39, 0.29) is 11.9 Å². The van der Waals surface area contributed by atoms with Crippen molar-refractivity contribution in [2.75, 3.05) is 0 Å². The van der Waals surface area contributed by atoms with Gasteiger partial charge in [-0.2, -0.15) is 0 Å². The molecule has 8 nitrogen and oxygen atoms in total. The summed E-state index contributed by atoms with van der Waals surface area (Å²) in [6, 6.07) is 5.15. The molecule has 3 aliphatic rings. The molecule has 0 N–H and O–H groups in total. The molecule has 0 spiro atoms. The molecule has 54 heavy (non-hydrogen) atoms. The predicted molar refractivity (Wildman–Crippen MR) is 196 cm³/mol. The second kappa shape index (κ2) is 14.1. The molecule has 1 saturated heterocycles. The van der Waals surface area contributed by atoms with Crippen molar-refractivity contribution < 1.29 is 35.7 Å². The lowest BCUT2D eigenvalue weighted by molar-refractivity contribution is 0.00578. The van der Waals surface area contributed by atoms with Crippen LogP contribution >= 0.6 is 15.9 Å². The monoisotopic (exact) mass is 812 g/mol. The third-order valence-corrected chi connectivity index (χ3v) is 10.9. The van der Waals surface area contributed by atoms with Gasteiger partial charge in [0.25, 0.3) is 0 Å². The van der Waals surface area contributed by atoms with Gasteiger partial charge in [0.2, 0.25) is 0 Å². The Hall–Kier alpha value is -4.28. The van der Waals surface area contributed by atoms with Crippen LogP contribution in [0.1, 0.15) is 76.6 Å². The van der Waals surface area contributed by atoms with Gasteiger partial charge in [0, 0.05) is 59.8 Å². The molecule has 9 rings (SSSR count). The predicted octanol–water partition coefficient (Wildman–Crippen LogP) is 9.40. The number of hydrogen-bond donors (Lipinski definition) is 0. The third-order valence-electron chi connectivity index (χ3n) is 10.3. The number of benzene rings is 2. The Morgan fingerprint density at radius 3 is 1.65 bits per heavy atom. The van der Waals surface area contributed by atoms with Gasteiger partial charge in [-0.3, -0.25) is 9.97 Å². The van der Waals surface area contributed by atoms with E-state index in [0.29, 0.717) is 60.8 Å². The topological polar surface area (TPSA) is 79.9 Å². The molecule has 2 saturated carbocycles. The van der Waals surface area contributed by atoms with E-state index in [4.69, 9.17) is 9.31 Å². The summed E-state index contributed by atoms with van der Waals surface area (Å²) in [5.41, 5.74) is 3.35. The van der Waals surface area contributed by atoms with E-state index in [0.717, 1.165) is 50.1 Å². The van der Waals surface area contributed by atoms with Crippen LogP contribution in [0, 0.1) is 48.8 Å². The molecule has 16 heteroatoms. The van der Waals surface area contributed by atoms with Gasteiger partial charge in [-0.1, -0.05) is 0 Å². The Kier molecular flexibility index (Phi) is 9.93. The zero-order valence-electron chi connectivity index (χ0n) is 30.3. The third kappa shape index (κ3) is 7.15. The Labute approximate surface area is 316 Å². The van der Waals surface area contributed by atoms with Gasteiger partial charge >= 0.3 is 7.12 Å². The van der Waals surface area contributed by atoms with Crippen molar-refractivity contribution in [1.82, 2.24) is 29.1 Å². The fourth-order valence-corrected chi connectivity index (χ4v) is 6.84. The van der Waals surface area contributed by atoms with Crippen molar-refractivity contribution >= 4 is 50.6 Å². The average Bonchev–Trinajstić information content (AvgIpc) is 4.04. The van der Waals surface area contributed by atoms with Crippen LogP contribution in [-0.4, -0.2) is 47.4 Å². The number of nitrogens with zero attached hydrogens (tertiary/aromatic N) is 6. The van der Waals surface area contributed by atoms with Gasteiger partial charge in [-0.15, -0.1) is 0 Å². The molecule has 6 aromatic rings. The van der Waals surface area contributed by atoms with Crippen molar-refractivity contribution in [3.05, 3.63) is 99.8 Å². The number of hydrogen-bond acceptors (Lipinski definition) is 6. The summed E-state index contributed by atoms with van der Waals surface area (Å²) in [5.74, 6) is -3.77. The molecule has 1 aliphatic heterocycles. The van der Waals surface area contributed by atoms with Gasteiger partial charge in [-0.25, -0.2) is 36.3 Å². The molecule has 0 radical (unpaired) electrons. The first-order chi connectivity index (χ1) is 25.5. The minimum atomic E-state index is -0.936. The summed E-state index contributed by atoms with van der Waals surface area (Å²) in [5, 5.41) is 0. The van der Waals surface area contributed by atoms with Gasteiger partial charge in [0.15, 0.2) is 28.0 Å². The summed E-state index contributed by atoms with van der Waals surface area (Å²) < 4.78 is 96.4. The fraction of sp³-hybridized carbons (Fsp3) is 0.368. The fourth-order valence-electron chi connectivity index (χ4n) is 6.17. The summed E-state index contributed by atoms with van der Waals surface area (Å²) in [6.45, 7) is 11.2. The summed E-state index contributed by atoms with van der Waals surface area (Å²) in [6.07, 6.45) is 9.50. The highest BCUT2D eigenvalue weighted by Crippen LogP contribution is 2.43. The minimum absolute atomic E-state index is 0.188. The number of rotatable bonds is 4. The quantitative estimate of drug-likeness (QED) is 0.130. The molecule has 2 aliphatic carbocycles. The van der Waals surface area contributed by atoms with Crippen molar-refractivity contribution in [2.45, 2.75) is 90.5 Å². The SMILES string of the molecule is Cc1c(F)cncc1-c1nc2cc(F)c(F)cc2n1C1CC1.Cc1c(F)cncc1B1OC(C)(C)C(C)(C)O1.Fc1cc2nc(Br)n(C3CC3)c2cc1F. The summed E-state index contributed by atoms with van der Waals surface area (Å²) in [4.78, 5) is 16.3. The normalized spacial score (nSPS) is 17.4. The Morgan fingerprint density at radius 1 is 0.630 bits per heavy atom. The molecule has 0 amide bonds. The molecule has 0 unspecified atom stereocenters. The summed E-state index contributed by atoms with van der Waals surface area (Å²) >= 11 is 3.31. The standard InChI is InChI=1S/C16H12F3N3.C12H17BFNO2.C10H7BrF2N2/c1-8-10(6-20-7-13(8)19)16-21-14-4-11(17)12(18)5-15(14)22(16)9-2-3-9;1-8-9(6-15-7-10(8)14)13-16-11(2,3)12(4,5)17-13;11-10-14-8-3-6(12)7(13)4-9(8)15(10)5-1-2-5/h4-7,9H,2-3H2,1H3;6-7H,1-5H3;3-5H,1-2H2. The molecule has 0 bridgehead atoms. The van der Waals surface area contributed by atoms with Crippen LogP contribution in [0.2, 0.25) is 0 Å². The zero-order chi connectivity index (χ0) is 38.9. The molecule has 2 aromatic carbocycles. The first-order valence-corrected chi connectivity index (χ1v) is 18.2. The highest BCUT2D eigenvalue weighted by molar-refractivity contribution is 9.10. The van der Waals surface area contributed by atoms with E-state index in [9.17, 15) is 26.3 Å². The highest BCUT2D eigenvalue weighted by atomic mass is 79.9. The van der Waals surface area contributed by atoms with E-state index in [1.807, 2.05) is 36.8 Å². The average molecular weight is 813 g/mol. The maximum atomic E-state index is 13.8. The maximum absolute atomic E-state index is 13.8. The smallest absolute Gasteiger partial charge is 0.399 e. The van der Waals surface area contributed by atoms with E-state index in [2.05, 4.69) is 35.9 Å². The molecule has 5 heterocycles. The number of halogens is 7. The lowest BCUT2D eigenvalue weighted by Gasteiger charge is -2.32. The Morgan fingerprint density at radius 2 is 1.09 bits per heavy atom. The zero-order valence-corrected chi connectivity index (χ0v) is 31.9. The van der Waals surface area contributed by atoms with Crippen molar-refractivity contribution in [2.24, 2.45) is 0 Å². The molecule has 3 fully saturated rings. The van der Waals surface area contributed by atoms with Crippen molar-refractivity contribution in [1.29, 1.82) is 0 Å². The number of imidazole rings is 2. The van der Waals surface area contributed by atoms with Crippen LogP contribution in [0.25, 0.3) is 33.5 Å².